The van der Waals surface area contributed by atoms with E-state index in [1.807, 2.05) is 0 Å². The molecule has 26 heavy (non-hydrogen) atoms. The van der Waals surface area contributed by atoms with Gasteiger partial charge in [0, 0.05) is 38.3 Å². The molecule has 1 saturated heterocycles. The van der Waals surface area contributed by atoms with Gasteiger partial charge in [0.25, 0.3) is 0 Å². The molecule has 6 heteroatoms. The van der Waals surface area contributed by atoms with Gasteiger partial charge in [-0.05, 0) is 13.5 Å². The number of hydrogen-bond donors (Lipinski definition) is 0. The van der Waals surface area contributed by atoms with Crippen LogP contribution < -0.4 is 0 Å². The maximum Gasteiger partial charge on any atom is 0.334 e. The predicted molar refractivity (Wildman–Crippen MR) is 103 cm³/mol. The first-order valence-corrected chi connectivity index (χ1v) is 9.94. The largest absolute Gasteiger partial charge is 0.465 e. The molecule has 1 aliphatic heterocycles. The molecule has 0 amide bonds. The van der Waals surface area contributed by atoms with Crippen LogP contribution in [0.5, 0.6) is 0 Å². The summed E-state index contributed by atoms with van der Waals surface area (Å²) in [7, 11) is 2.10. The molecule has 0 aromatic carbocycles. The highest BCUT2D eigenvalue weighted by Crippen LogP contribution is 2.07. The van der Waals surface area contributed by atoms with Gasteiger partial charge in [-0.3, -0.25) is 9.69 Å². The molecule has 0 spiro atoms. The van der Waals surface area contributed by atoms with Gasteiger partial charge in [-0.2, -0.15) is 0 Å². The van der Waals surface area contributed by atoms with Crippen molar-refractivity contribution in [3.05, 3.63) is 12.2 Å². The highest BCUT2D eigenvalue weighted by molar-refractivity contribution is 5.93. The quantitative estimate of drug-likeness (QED) is 0.283. The molecule has 0 bridgehead atoms. The number of esters is 2. The fourth-order valence-electron chi connectivity index (χ4n) is 2.81. The van der Waals surface area contributed by atoms with Crippen molar-refractivity contribution in [3.63, 3.8) is 0 Å². The normalized spacial score (nSPS) is 15.6. The van der Waals surface area contributed by atoms with E-state index in [0.717, 1.165) is 45.6 Å². The lowest BCUT2D eigenvalue weighted by molar-refractivity contribution is -0.146. The smallest absolute Gasteiger partial charge is 0.334 e. The molecule has 0 aromatic rings. The fourth-order valence-corrected chi connectivity index (χ4v) is 2.81. The van der Waals surface area contributed by atoms with Crippen molar-refractivity contribution < 1.29 is 19.1 Å². The summed E-state index contributed by atoms with van der Waals surface area (Å²) in [6.45, 7) is 11.3. The zero-order valence-electron chi connectivity index (χ0n) is 16.6. The third-order valence-corrected chi connectivity index (χ3v) is 4.64. The molecule has 0 aliphatic carbocycles. The van der Waals surface area contributed by atoms with E-state index in [-0.39, 0.29) is 12.0 Å². The Morgan fingerprint density at radius 1 is 0.923 bits per heavy atom. The zero-order chi connectivity index (χ0) is 19.2. The highest BCUT2D eigenvalue weighted by atomic mass is 16.5. The molecule has 0 N–H and O–H groups in total. The molecule has 0 radical (unpaired) electrons. The summed E-state index contributed by atoms with van der Waals surface area (Å²) in [5, 5.41) is 0. The maximum atomic E-state index is 11.9. The third kappa shape index (κ3) is 10.6. The summed E-state index contributed by atoms with van der Waals surface area (Å²) in [4.78, 5) is 28.2. The topological polar surface area (TPSA) is 59.1 Å². The van der Waals surface area contributed by atoms with E-state index in [9.17, 15) is 9.59 Å². The number of ether oxygens (including phenoxy) is 2. The highest BCUT2D eigenvalue weighted by Gasteiger charge is 2.16. The maximum absolute atomic E-state index is 11.9. The average molecular weight is 369 g/mol. The SMILES string of the molecule is C=C(CC(=O)OCCCCCCCC)C(=O)OCCN1CCN(C)CC1. The minimum Gasteiger partial charge on any atom is -0.465 e. The van der Waals surface area contributed by atoms with Crippen LogP contribution in [0, 0.1) is 0 Å². The van der Waals surface area contributed by atoms with E-state index in [1.54, 1.807) is 0 Å². The van der Waals surface area contributed by atoms with Crippen molar-refractivity contribution in [2.75, 3.05) is 53.0 Å². The van der Waals surface area contributed by atoms with Crippen molar-refractivity contribution in [1.29, 1.82) is 0 Å². The molecule has 150 valence electrons. The van der Waals surface area contributed by atoms with Gasteiger partial charge in [0.05, 0.1) is 13.0 Å². The molecule has 0 unspecified atom stereocenters. The lowest BCUT2D eigenvalue weighted by Crippen LogP contribution is -2.45. The van der Waals surface area contributed by atoms with Crippen LogP contribution in [0.25, 0.3) is 0 Å². The van der Waals surface area contributed by atoms with Crippen molar-refractivity contribution in [2.45, 2.75) is 51.9 Å². The number of unbranched alkanes of at least 4 members (excludes halogenated alkanes) is 5. The van der Waals surface area contributed by atoms with Gasteiger partial charge < -0.3 is 14.4 Å². The number of hydrogen-bond acceptors (Lipinski definition) is 6. The predicted octanol–water partition coefficient (Wildman–Crippen LogP) is 2.63. The van der Waals surface area contributed by atoms with E-state index >= 15 is 0 Å². The zero-order valence-corrected chi connectivity index (χ0v) is 16.6. The van der Waals surface area contributed by atoms with Gasteiger partial charge in [-0.1, -0.05) is 45.6 Å². The van der Waals surface area contributed by atoms with Crippen LogP contribution in [-0.2, 0) is 19.1 Å². The van der Waals surface area contributed by atoms with E-state index in [4.69, 9.17) is 9.47 Å². The lowest BCUT2D eigenvalue weighted by Gasteiger charge is -2.32. The molecule has 1 aliphatic rings. The Hall–Kier alpha value is -1.40. The van der Waals surface area contributed by atoms with E-state index in [1.165, 1.54) is 25.7 Å². The Morgan fingerprint density at radius 2 is 1.58 bits per heavy atom. The number of carbonyl (C=O) groups is 2. The van der Waals surface area contributed by atoms with Crippen molar-refractivity contribution in [1.82, 2.24) is 9.80 Å². The van der Waals surface area contributed by atoms with Crippen LogP contribution in [0.3, 0.4) is 0 Å². The number of likely N-dealkylation sites (N-methyl/N-ethyl adjacent to an activating group) is 1. The Kier molecular flexibility index (Phi) is 12.0. The first-order chi connectivity index (χ1) is 12.5. The Balaban J connectivity index is 2.04. The second-order valence-electron chi connectivity index (χ2n) is 7.05. The Bertz CT molecular complexity index is 432. The summed E-state index contributed by atoms with van der Waals surface area (Å²) >= 11 is 0. The lowest BCUT2D eigenvalue weighted by atomic mass is 10.1. The molecular weight excluding hydrogens is 332 g/mol. The minimum absolute atomic E-state index is 0.0941. The number of nitrogens with zero attached hydrogens (tertiary/aromatic N) is 2. The monoisotopic (exact) mass is 368 g/mol. The van der Waals surface area contributed by atoms with Crippen LogP contribution in [0.2, 0.25) is 0 Å². The van der Waals surface area contributed by atoms with Crippen LogP contribution in [-0.4, -0.2) is 74.7 Å². The number of rotatable bonds is 13. The molecule has 0 atom stereocenters. The molecule has 0 saturated carbocycles. The van der Waals surface area contributed by atoms with Crippen molar-refractivity contribution in [2.24, 2.45) is 0 Å². The summed E-state index contributed by atoms with van der Waals surface area (Å²) in [5.41, 5.74) is 0.163. The number of piperazine rings is 1. The van der Waals surface area contributed by atoms with Gasteiger partial charge in [-0.15, -0.1) is 0 Å². The summed E-state index contributed by atoms with van der Waals surface area (Å²) in [6, 6.07) is 0. The van der Waals surface area contributed by atoms with Crippen molar-refractivity contribution >= 4 is 11.9 Å². The van der Waals surface area contributed by atoms with E-state index < -0.39 is 11.9 Å². The first kappa shape index (κ1) is 22.6. The minimum atomic E-state index is -0.504. The average Bonchev–Trinajstić information content (AvgIpc) is 2.62. The second-order valence-corrected chi connectivity index (χ2v) is 7.05. The van der Waals surface area contributed by atoms with Gasteiger partial charge >= 0.3 is 11.9 Å². The molecule has 1 fully saturated rings. The Labute approximate surface area is 158 Å². The fraction of sp³-hybridized carbons (Fsp3) is 0.800. The first-order valence-electron chi connectivity index (χ1n) is 9.94. The van der Waals surface area contributed by atoms with Crippen LogP contribution in [0.1, 0.15) is 51.9 Å². The Morgan fingerprint density at radius 3 is 2.27 bits per heavy atom. The molecular formula is C20H36N2O4. The van der Waals surface area contributed by atoms with E-state index in [0.29, 0.717) is 13.2 Å². The van der Waals surface area contributed by atoms with Gasteiger partial charge in [0.2, 0.25) is 0 Å². The number of carbonyl (C=O) groups excluding carboxylic acids is 2. The second kappa shape index (κ2) is 13.8. The summed E-state index contributed by atoms with van der Waals surface area (Å²) in [5.74, 6) is -0.907. The molecule has 0 aromatic heterocycles. The van der Waals surface area contributed by atoms with Crippen LogP contribution in [0.4, 0.5) is 0 Å². The molecule has 6 nitrogen and oxygen atoms in total. The molecule has 1 rings (SSSR count). The van der Waals surface area contributed by atoms with Crippen molar-refractivity contribution in [3.8, 4) is 0 Å². The van der Waals surface area contributed by atoms with Crippen LogP contribution in [0.15, 0.2) is 12.2 Å². The van der Waals surface area contributed by atoms with Gasteiger partial charge in [-0.25, -0.2) is 4.79 Å². The third-order valence-electron chi connectivity index (χ3n) is 4.64. The van der Waals surface area contributed by atoms with E-state index in [2.05, 4.69) is 30.4 Å². The summed E-state index contributed by atoms with van der Waals surface area (Å²) < 4.78 is 10.4. The summed E-state index contributed by atoms with van der Waals surface area (Å²) in [6.07, 6.45) is 6.75. The van der Waals surface area contributed by atoms with Gasteiger partial charge in [0.1, 0.15) is 6.61 Å². The molecule has 1 heterocycles. The standard InChI is InChI=1S/C20H36N2O4/c1-4-5-6-7-8-9-15-25-19(23)17-18(2)20(24)26-16-14-22-12-10-21(3)11-13-22/h2,4-17H2,1,3H3. The van der Waals surface area contributed by atoms with Crippen LogP contribution >= 0.6 is 0 Å². The van der Waals surface area contributed by atoms with Gasteiger partial charge in [0.15, 0.2) is 0 Å².